The van der Waals surface area contributed by atoms with Crippen LogP contribution in [0.2, 0.25) is 0 Å². The van der Waals surface area contributed by atoms with E-state index in [-0.39, 0.29) is 5.91 Å². The third kappa shape index (κ3) is 3.02. The predicted molar refractivity (Wildman–Crippen MR) is 80.9 cm³/mol. The minimum absolute atomic E-state index is 0.0785. The van der Waals surface area contributed by atoms with E-state index in [2.05, 4.69) is 28.5 Å². The maximum Gasteiger partial charge on any atom is 0.253 e. The second-order valence-electron chi connectivity index (χ2n) is 4.82. The highest BCUT2D eigenvalue weighted by Gasteiger charge is 2.10. The number of thioether (sulfide) groups is 1. The van der Waals surface area contributed by atoms with Crippen LogP contribution in [0.15, 0.2) is 47.6 Å². The zero-order valence-electron chi connectivity index (χ0n) is 11.1. The van der Waals surface area contributed by atoms with Gasteiger partial charge in [0.05, 0.1) is 5.56 Å². The van der Waals surface area contributed by atoms with Crippen LogP contribution in [0.5, 0.6) is 0 Å². The number of carbonyl (C=O) groups excluding carboxylic acids is 1. The van der Waals surface area contributed by atoms with Gasteiger partial charge in [0.15, 0.2) is 0 Å². The van der Waals surface area contributed by atoms with E-state index in [1.807, 2.05) is 11.8 Å². The van der Waals surface area contributed by atoms with Crippen molar-refractivity contribution in [3.63, 3.8) is 0 Å². The average molecular weight is 284 g/mol. The Kier molecular flexibility index (Phi) is 4.02. The highest BCUT2D eigenvalue weighted by Crippen LogP contribution is 2.30. The van der Waals surface area contributed by atoms with Crippen molar-refractivity contribution in [2.24, 2.45) is 0 Å². The molecule has 2 heterocycles. The van der Waals surface area contributed by atoms with Crippen LogP contribution in [0.25, 0.3) is 0 Å². The molecule has 2 aromatic rings. The molecule has 0 fully saturated rings. The Morgan fingerprint density at radius 2 is 2.30 bits per heavy atom. The van der Waals surface area contributed by atoms with Crippen LogP contribution in [-0.4, -0.2) is 16.6 Å². The molecule has 3 rings (SSSR count). The summed E-state index contributed by atoms with van der Waals surface area (Å²) in [5.74, 6) is 1.13. The molecule has 0 radical (unpaired) electrons. The molecule has 0 saturated carbocycles. The molecular weight excluding hydrogens is 268 g/mol. The molecule has 102 valence electrons. The van der Waals surface area contributed by atoms with Gasteiger partial charge in [0, 0.05) is 23.8 Å². The van der Waals surface area contributed by atoms with Gasteiger partial charge in [-0.1, -0.05) is 12.1 Å². The third-order valence-electron chi connectivity index (χ3n) is 3.35. The number of aromatic nitrogens is 1. The fourth-order valence-corrected chi connectivity index (χ4v) is 3.32. The molecule has 0 atom stereocenters. The summed E-state index contributed by atoms with van der Waals surface area (Å²) in [7, 11) is 0. The van der Waals surface area contributed by atoms with Crippen LogP contribution >= 0.6 is 11.8 Å². The molecule has 4 heteroatoms. The van der Waals surface area contributed by atoms with E-state index in [9.17, 15) is 4.79 Å². The zero-order valence-corrected chi connectivity index (χ0v) is 12.0. The highest BCUT2D eigenvalue weighted by molar-refractivity contribution is 7.99. The number of aryl methyl sites for hydroxylation is 1. The minimum atomic E-state index is -0.0785. The number of hydrogen-bond donors (Lipinski definition) is 1. The van der Waals surface area contributed by atoms with E-state index in [0.29, 0.717) is 12.1 Å². The molecule has 1 aliphatic rings. The van der Waals surface area contributed by atoms with Gasteiger partial charge in [-0.2, -0.15) is 0 Å². The largest absolute Gasteiger partial charge is 0.348 e. The summed E-state index contributed by atoms with van der Waals surface area (Å²) in [5.41, 5.74) is 3.17. The fourth-order valence-electron chi connectivity index (χ4n) is 2.31. The standard InChI is InChI=1S/C16H16N2OS/c19-16(14-3-1-7-17-11-14)18-10-12-5-6-15-13(9-12)4-2-8-20-15/h1,3,5-7,9,11H,2,4,8,10H2,(H,18,19). The van der Waals surface area contributed by atoms with Gasteiger partial charge in [0.2, 0.25) is 0 Å². The first-order valence-corrected chi connectivity index (χ1v) is 7.74. The molecule has 1 N–H and O–H groups in total. The summed E-state index contributed by atoms with van der Waals surface area (Å²) >= 11 is 1.92. The second-order valence-corrected chi connectivity index (χ2v) is 5.96. The summed E-state index contributed by atoms with van der Waals surface area (Å²) < 4.78 is 0. The average Bonchev–Trinajstić information content (AvgIpc) is 2.53. The zero-order chi connectivity index (χ0) is 13.8. The first-order chi connectivity index (χ1) is 9.83. The Morgan fingerprint density at radius 1 is 1.35 bits per heavy atom. The van der Waals surface area contributed by atoms with Gasteiger partial charge >= 0.3 is 0 Å². The van der Waals surface area contributed by atoms with Crippen molar-refractivity contribution in [2.45, 2.75) is 24.3 Å². The van der Waals surface area contributed by atoms with Gasteiger partial charge in [0.25, 0.3) is 5.91 Å². The summed E-state index contributed by atoms with van der Waals surface area (Å²) in [6.07, 6.45) is 5.63. The number of pyridine rings is 1. The number of benzene rings is 1. The van der Waals surface area contributed by atoms with Crippen LogP contribution < -0.4 is 5.32 Å². The molecule has 1 aliphatic heterocycles. The first kappa shape index (κ1) is 13.2. The lowest BCUT2D eigenvalue weighted by Crippen LogP contribution is -2.23. The predicted octanol–water partition coefficient (Wildman–Crippen LogP) is 3.05. The van der Waals surface area contributed by atoms with Crippen molar-refractivity contribution in [1.29, 1.82) is 0 Å². The Morgan fingerprint density at radius 3 is 3.15 bits per heavy atom. The van der Waals surface area contributed by atoms with Crippen molar-refractivity contribution >= 4 is 17.7 Å². The van der Waals surface area contributed by atoms with Gasteiger partial charge in [-0.25, -0.2) is 0 Å². The van der Waals surface area contributed by atoms with Crippen molar-refractivity contribution in [1.82, 2.24) is 10.3 Å². The molecule has 1 amide bonds. The summed E-state index contributed by atoms with van der Waals surface area (Å²) in [5, 5.41) is 2.94. The Hall–Kier alpha value is -1.81. The lowest BCUT2D eigenvalue weighted by atomic mass is 10.1. The number of nitrogens with one attached hydrogen (secondary N) is 1. The molecule has 0 spiro atoms. The number of hydrogen-bond acceptors (Lipinski definition) is 3. The molecule has 3 nitrogen and oxygen atoms in total. The molecular formula is C16H16N2OS. The molecule has 0 unspecified atom stereocenters. The SMILES string of the molecule is O=C(NCc1ccc2c(c1)CCCS2)c1cccnc1. The van der Waals surface area contributed by atoms with Crippen LogP contribution in [0.3, 0.4) is 0 Å². The Bertz CT molecular complexity index is 613. The Labute approximate surface area is 122 Å². The van der Waals surface area contributed by atoms with Gasteiger partial charge in [0.1, 0.15) is 0 Å². The molecule has 20 heavy (non-hydrogen) atoms. The fraction of sp³-hybridized carbons (Fsp3) is 0.250. The van der Waals surface area contributed by atoms with Crippen LogP contribution in [-0.2, 0) is 13.0 Å². The van der Waals surface area contributed by atoms with Gasteiger partial charge in [-0.05, 0) is 47.9 Å². The molecule has 0 aliphatic carbocycles. The van der Waals surface area contributed by atoms with Crippen molar-refractivity contribution in [3.05, 3.63) is 59.4 Å². The van der Waals surface area contributed by atoms with E-state index in [1.54, 1.807) is 24.5 Å². The molecule has 0 saturated heterocycles. The quantitative estimate of drug-likeness (QED) is 0.942. The third-order valence-corrected chi connectivity index (χ3v) is 4.55. The number of amides is 1. The maximum atomic E-state index is 12.0. The first-order valence-electron chi connectivity index (χ1n) is 6.76. The molecule has 1 aromatic carbocycles. The lowest BCUT2D eigenvalue weighted by Gasteiger charge is -2.16. The normalized spacial score (nSPS) is 13.6. The van der Waals surface area contributed by atoms with E-state index >= 15 is 0 Å². The van der Waals surface area contributed by atoms with E-state index in [1.165, 1.54) is 22.6 Å². The lowest BCUT2D eigenvalue weighted by molar-refractivity contribution is 0.0950. The van der Waals surface area contributed by atoms with Crippen molar-refractivity contribution < 1.29 is 4.79 Å². The van der Waals surface area contributed by atoms with Gasteiger partial charge < -0.3 is 5.32 Å². The van der Waals surface area contributed by atoms with Crippen LogP contribution in [0, 0.1) is 0 Å². The summed E-state index contributed by atoms with van der Waals surface area (Å²) in [6, 6.07) is 10.0. The summed E-state index contributed by atoms with van der Waals surface area (Å²) in [6.45, 7) is 0.561. The van der Waals surface area contributed by atoms with Crippen molar-refractivity contribution in [3.8, 4) is 0 Å². The van der Waals surface area contributed by atoms with Crippen LogP contribution in [0.4, 0.5) is 0 Å². The molecule has 0 bridgehead atoms. The molecule has 1 aromatic heterocycles. The number of carbonyl (C=O) groups is 1. The highest BCUT2D eigenvalue weighted by atomic mass is 32.2. The number of nitrogens with zero attached hydrogens (tertiary/aromatic N) is 1. The topological polar surface area (TPSA) is 42.0 Å². The van der Waals surface area contributed by atoms with E-state index in [4.69, 9.17) is 0 Å². The smallest absolute Gasteiger partial charge is 0.253 e. The van der Waals surface area contributed by atoms with Crippen molar-refractivity contribution in [2.75, 3.05) is 5.75 Å². The monoisotopic (exact) mass is 284 g/mol. The van der Waals surface area contributed by atoms with Gasteiger partial charge in [-0.15, -0.1) is 11.8 Å². The van der Waals surface area contributed by atoms with E-state index in [0.717, 1.165) is 12.0 Å². The van der Waals surface area contributed by atoms with Crippen LogP contribution in [0.1, 0.15) is 27.9 Å². The van der Waals surface area contributed by atoms with E-state index < -0.39 is 0 Å². The maximum absolute atomic E-state index is 12.0. The van der Waals surface area contributed by atoms with Gasteiger partial charge in [-0.3, -0.25) is 9.78 Å². The Balaban J connectivity index is 1.65. The summed E-state index contributed by atoms with van der Waals surface area (Å²) in [4.78, 5) is 17.3. The second kappa shape index (κ2) is 6.09. The minimum Gasteiger partial charge on any atom is -0.348 e. The number of rotatable bonds is 3. The number of fused-ring (bicyclic) bond motifs is 1.